The second-order valence-corrected chi connectivity index (χ2v) is 9.22. The summed E-state index contributed by atoms with van der Waals surface area (Å²) in [6, 6.07) is 7.89. The average Bonchev–Trinajstić information content (AvgIpc) is 3.02. The number of rotatable bonds is 4. The Bertz CT molecular complexity index is 755. The number of benzene rings is 1. The third-order valence-electron chi connectivity index (χ3n) is 4.90. The minimum Gasteiger partial charge on any atom is -0.376 e. The lowest BCUT2D eigenvalue weighted by Crippen LogP contribution is -2.42. The molecular formula is C17H18Cl2N2O2S. The van der Waals surface area contributed by atoms with Crippen LogP contribution in [0.15, 0.2) is 24.3 Å². The maximum absolute atomic E-state index is 13.2. The van der Waals surface area contributed by atoms with Gasteiger partial charge in [0.15, 0.2) is 5.13 Å². The predicted octanol–water partition coefficient (Wildman–Crippen LogP) is 4.39. The summed E-state index contributed by atoms with van der Waals surface area (Å²) in [6.45, 7) is 3.07. The van der Waals surface area contributed by atoms with E-state index in [1.807, 2.05) is 31.2 Å². The quantitative estimate of drug-likeness (QED) is 0.733. The van der Waals surface area contributed by atoms with Gasteiger partial charge in [0, 0.05) is 6.61 Å². The van der Waals surface area contributed by atoms with Crippen LogP contribution in [0.2, 0.25) is 0 Å². The number of amides is 1. The van der Waals surface area contributed by atoms with Crippen molar-refractivity contribution in [1.82, 2.24) is 4.98 Å². The number of para-hydroxylation sites is 1. The first-order valence-corrected chi connectivity index (χ1v) is 9.65. The highest BCUT2D eigenvalue weighted by Gasteiger charge is 2.69. The maximum atomic E-state index is 13.2. The first kappa shape index (κ1) is 16.6. The van der Waals surface area contributed by atoms with Crippen molar-refractivity contribution >= 4 is 55.8 Å². The number of carbonyl (C=O) groups excluding carboxylic acids is 1. The van der Waals surface area contributed by atoms with E-state index in [0.29, 0.717) is 18.1 Å². The normalized spacial score (nSPS) is 28.2. The molecule has 2 atom stereocenters. The molecule has 1 saturated carbocycles. The molecule has 1 aromatic carbocycles. The molecule has 1 aromatic heterocycles. The van der Waals surface area contributed by atoms with Crippen LogP contribution in [-0.4, -0.2) is 34.5 Å². The zero-order valence-corrected chi connectivity index (χ0v) is 15.6. The highest BCUT2D eigenvalue weighted by atomic mass is 35.5. The molecule has 0 bridgehead atoms. The van der Waals surface area contributed by atoms with Crippen LogP contribution < -0.4 is 4.90 Å². The number of carbonyl (C=O) groups is 1. The van der Waals surface area contributed by atoms with Gasteiger partial charge in [-0.05, 0) is 38.3 Å². The average molecular weight is 385 g/mol. The van der Waals surface area contributed by atoms with Gasteiger partial charge < -0.3 is 4.74 Å². The standard InChI is InChI=1S/C17H18Cl2N2O2S/c1-16(10-17(16,18)19)14(22)21(9-11-5-4-8-23-11)15-20-12-6-2-3-7-13(12)24-15/h2-3,6-7,11H,4-5,8-10H2,1H3. The topological polar surface area (TPSA) is 42.4 Å². The van der Waals surface area contributed by atoms with Gasteiger partial charge in [0.1, 0.15) is 4.33 Å². The zero-order valence-electron chi connectivity index (χ0n) is 13.3. The first-order valence-electron chi connectivity index (χ1n) is 8.08. The Morgan fingerprint density at radius 2 is 2.21 bits per heavy atom. The van der Waals surface area contributed by atoms with E-state index in [4.69, 9.17) is 27.9 Å². The molecule has 2 fully saturated rings. The molecule has 1 aliphatic heterocycles. The molecule has 2 aromatic rings. The molecule has 1 amide bonds. The molecule has 24 heavy (non-hydrogen) atoms. The number of nitrogens with zero attached hydrogens (tertiary/aromatic N) is 2. The van der Waals surface area contributed by atoms with E-state index in [2.05, 4.69) is 4.98 Å². The molecule has 4 rings (SSSR count). The third-order valence-corrected chi connectivity index (χ3v) is 7.06. The number of aromatic nitrogens is 1. The number of hydrogen-bond donors (Lipinski definition) is 0. The minimum absolute atomic E-state index is 0.0448. The van der Waals surface area contributed by atoms with Crippen molar-refractivity contribution in [2.24, 2.45) is 5.41 Å². The lowest BCUT2D eigenvalue weighted by atomic mass is 10.1. The van der Waals surface area contributed by atoms with E-state index >= 15 is 0 Å². The van der Waals surface area contributed by atoms with Crippen molar-refractivity contribution in [2.75, 3.05) is 18.1 Å². The summed E-state index contributed by atoms with van der Waals surface area (Å²) in [5, 5.41) is 0.689. The number of alkyl halides is 2. The Morgan fingerprint density at radius 1 is 1.46 bits per heavy atom. The number of fused-ring (bicyclic) bond motifs is 1. The molecule has 1 saturated heterocycles. The molecule has 2 aliphatic rings. The van der Waals surface area contributed by atoms with Crippen molar-refractivity contribution < 1.29 is 9.53 Å². The van der Waals surface area contributed by atoms with Gasteiger partial charge in [0.25, 0.3) is 0 Å². The first-order chi connectivity index (χ1) is 11.4. The monoisotopic (exact) mass is 384 g/mol. The van der Waals surface area contributed by atoms with Crippen LogP contribution in [0, 0.1) is 5.41 Å². The van der Waals surface area contributed by atoms with Gasteiger partial charge in [-0.3, -0.25) is 9.69 Å². The molecule has 0 radical (unpaired) electrons. The van der Waals surface area contributed by atoms with E-state index in [9.17, 15) is 4.79 Å². The van der Waals surface area contributed by atoms with Crippen molar-refractivity contribution in [3.63, 3.8) is 0 Å². The highest BCUT2D eigenvalue weighted by molar-refractivity contribution is 7.22. The fourth-order valence-corrected chi connectivity index (χ4v) is 4.81. The van der Waals surface area contributed by atoms with Gasteiger partial charge in [0.2, 0.25) is 5.91 Å². The Labute approximate surface area is 154 Å². The van der Waals surface area contributed by atoms with Crippen LogP contribution in [0.4, 0.5) is 5.13 Å². The summed E-state index contributed by atoms with van der Waals surface area (Å²) < 4.78 is 5.80. The maximum Gasteiger partial charge on any atom is 0.237 e. The van der Waals surface area contributed by atoms with E-state index in [-0.39, 0.29) is 12.0 Å². The molecule has 128 valence electrons. The predicted molar refractivity (Wildman–Crippen MR) is 98.1 cm³/mol. The SMILES string of the molecule is CC1(C(=O)N(CC2CCCO2)c2nc3ccccc3s2)CC1(Cl)Cl. The zero-order chi connectivity index (χ0) is 16.9. The molecular weight excluding hydrogens is 367 g/mol. The van der Waals surface area contributed by atoms with Gasteiger partial charge in [0.05, 0.1) is 28.3 Å². The smallest absolute Gasteiger partial charge is 0.237 e. The second-order valence-electron chi connectivity index (χ2n) is 6.73. The van der Waals surface area contributed by atoms with Crippen LogP contribution in [0.3, 0.4) is 0 Å². The largest absolute Gasteiger partial charge is 0.376 e. The molecule has 2 heterocycles. The van der Waals surface area contributed by atoms with Crippen molar-refractivity contribution in [2.45, 2.75) is 36.6 Å². The molecule has 2 unspecified atom stereocenters. The van der Waals surface area contributed by atoms with Gasteiger partial charge in [-0.2, -0.15) is 0 Å². The van der Waals surface area contributed by atoms with Crippen molar-refractivity contribution in [3.8, 4) is 0 Å². The summed E-state index contributed by atoms with van der Waals surface area (Å²) in [6.07, 6.45) is 2.50. The fourth-order valence-electron chi connectivity index (χ4n) is 3.15. The Kier molecular flexibility index (Phi) is 4.03. The lowest BCUT2D eigenvalue weighted by Gasteiger charge is -2.26. The second kappa shape index (κ2) is 5.84. The van der Waals surface area contributed by atoms with Gasteiger partial charge in [-0.1, -0.05) is 23.5 Å². The number of anilines is 1. The van der Waals surface area contributed by atoms with E-state index in [0.717, 1.165) is 29.7 Å². The van der Waals surface area contributed by atoms with Crippen LogP contribution in [0.1, 0.15) is 26.2 Å². The Morgan fingerprint density at radius 3 is 2.83 bits per heavy atom. The van der Waals surface area contributed by atoms with E-state index in [1.54, 1.807) is 4.90 Å². The highest BCUT2D eigenvalue weighted by Crippen LogP contribution is 2.64. The summed E-state index contributed by atoms with van der Waals surface area (Å²) in [7, 11) is 0. The molecule has 1 aliphatic carbocycles. The molecule has 4 nitrogen and oxygen atoms in total. The number of halogens is 2. The third kappa shape index (κ3) is 2.71. The van der Waals surface area contributed by atoms with Crippen LogP contribution in [0.25, 0.3) is 10.2 Å². The fraction of sp³-hybridized carbons (Fsp3) is 0.529. The molecule has 0 N–H and O–H groups in total. The van der Waals surface area contributed by atoms with Crippen molar-refractivity contribution in [3.05, 3.63) is 24.3 Å². The Balaban J connectivity index is 1.68. The number of hydrogen-bond acceptors (Lipinski definition) is 4. The van der Waals surface area contributed by atoms with E-state index in [1.165, 1.54) is 11.3 Å². The summed E-state index contributed by atoms with van der Waals surface area (Å²) in [5.41, 5.74) is 0.138. The van der Waals surface area contributed by atoms with Gasteiger partial charge in [-0.15, -0.1) is 23.2 Å². The summed E-state index contributed by atoms with van der Waals surface area (Å²) in [4.78, 5) is 19.6. The van der Waals surface area contributed by atoms with Crippen LogP contribution >= 0.6 is 34.5 Å². The van der Waals surface area contributed by atoms with E-state index < -0.39 is 9.75 Å². The minimum atomic E-state index is -0.991. The summed E-state index contributed by atoms with van der Waals surface area (Å²) >= 11 is 14.0. The lowest BCUT2D eigenvalue weighted by molar-refractivity contribution is -0.123. The van der Waals surface area contributed by atoms with Crippen molar-refractivity contribution in [1.29, 1.82) is 0 Å². The molecule has 0 spiro atoms. The van der Waals surface area contributed by atoms with Gasteiger partial charge in [-0.25, -0.2) is 4.98 Å². The molecule has 7 heteroatoms. The number of thiazole rings is 1. The Hall–Kier alpha value is -0.880. The summed E-state index contributed by atoms with van der Waals surface area (Å²) in [5.74, 6) is -0.0675. The van der Waals surface area contributed by atoms with Crippen LogP contribution in [0.5, 0.6) is 0 Å². The van der Waals surface area contributed by atoms with Gasteiger partial charge >= 0.3 is 0 Å². The number of ether oxygens (including phenoxy) is 1. The van der Waals surface area contributed by atoms with Crippen LogP contribution in [-0.2, 0) is 9.53 Å².